The Kier molecular flexibility index (Phi) is 9.25. The number of esters is 2. The number of rotatable bonds is 6. The molecule has 0 unspecified atom stereocenters. The highest BCUT2D eigenvalue weighted by molar-refractivity contribution is 5.83. The van der Waals surface area contributed by atoms with Crippen molar-refractivity contribution >= 4 is 17.7 Å². The van der Waals surface area contributed by atoms with E-state index in [0.717, 1.165) is 30.6 Å². The lowest BCUT2D eigenvalue weighted by atomic mass is 9.53. The van der Waals surface area contributed by atoms with Crippen molar-refractivity contribution in [1.29, 1.82) is 0 Å². The Morgan fingerprint density at radius 1 is 1.06 bits per heavy atom. The summed E-state index contributed by atoms with van der Waals surface area (Å²) in [4.78, 5) is 37.2. The number of hydrogen-bond donors (Lipinski definition) is 0. The van der Waals surface area contributed by atoms with Crippen LogP contribution in [-0.4, -0.2) is 30.4 Å². The molecule has 0 bridgehead atoms. The Morgan fingerprint density at radius 2 is 1.79 bits per heavy atom. The first-order chi connectivity index (χ1) is 16.0. The molecule has 0 aromatic rings. The van der Waals surface area contributed by atoms with Crippen molar-refractivity contribution in [3.63, 3.8) is 0 Å². The Hall–Kier alpha value is -1.39. The summed E-state index contributed by atoms with van der Waals surface area (Å²) in [6, 6.07) is 0. The fourth-order valence-corrected chi connectivity index (χ4v) is 7.97. The minimum atomic E-state index is -0.715. The number of fused-ring (bicyclic) bond motifs is 3. The molecular weight excluding hydrogens is 428 g/mol. The molecule has 3 fully saturated rings. The number of cyclic esters (lactones) is 1. The van der Waals surface area contributed by atoms with E-state index in [2.05, 4.69) is 34.6 Å². The highest BCUT2D eigenvalue weighted by Crippen LogP contribution is 2.62. The minimum absolute atomic E-state index is 0.0372. The lowest BCUT2D eigenvalue weighted by Crippen LogP contribution is -2.46. The Bertz CT molecular complexity index is 730. The van der Waals surface area contributed by atoms with Crippen molar-refractivity contribution in [1.82, 2.24) is 0 Å². The van der Waals surface area contributed by atoms with E-state index >= 15 is 0 Å². The van der Waals surface area contributed by atoms with Crippen LogP contribution in [0.3, 0.4) is 0 Å². The highest BCUT2D eigenvalue weighted by Gasteiger charge is 2.55. The Morgan fingerprint density at radius 3 is 2.47 bits per heavy atom. The summed E-state index contributed by atoms with van der Waals surface area (Å²) in [6.45, 7) is 13.4. The normalized spacial score (nSPS) is 37.9. The number of carbonyl (C=O) groups is 3. The van der Waals surface area contributed by atoms with E-state index < -0.39 is 12.1 Å². The maximum atomic E-state index is 13.3. The van der Waals surface area contributed by atoms with Gasteiger partial charge < -0.3 is 9.47 Å². The third-order valence-corrected chi connectivity index (χ3v) is 9.71. The molecule has 2 saturated carbocycles. The summed E-state index contributed by atoms with van der Waals surface area (Å²) in [5, 5.41) is 0. The number of Topliss-reactive ketones (excluding diaryl/α,β-unsaturated/α-hetero) is 1. The van der Waals surface area contributed by atoms with Crippen molar-refractivity contribution in [3.05, 3.63) is 0 Å². The second kappa shape index (κ2) is 11.6. The van der Waals surface area contributed by atoms with Crippen LogP contribution in [0.5, 0.6) is 0 Å². The van der Waals surface area contributed by atoms with Crippen LogP contribution in [0.4, 0.5) is 0 Å². The smallest absolute Gasteiger partial charge is 0.309 e. The molecule has 0 amide bonds. The molecule has 1 aliphatic heterocycles. The summed E-state index contributed by atoms with van der Waals surface area (Å²) >= 11 is 0. The first-order valence-corrected chi connectivity index (χ1v) is 13.9. The molecular formula is C29H48O5. The molecule has 1 saturated heterocycles. The monoisotopic (exact) mass is 476 g/mol. The van der Waals surface area contributed by atoms with Gasteiger partial charge in [-0.2, -0.15) is 0 Å². The van der Waals surface area contributed by atoms with Gasteiger partial charge >= 0.3 is 11.9 Å². The quantitative estimate of drug-likeness (QED) is 0.417. The topological polar surface area (TPSA) is 69.7 Å². The van der Waals surface area contributed by atoms with E-state index in [0.29, 0.717) is 29.8 Å². The Balaban J connectivity index is 1.76. The molecule has 0 N–H and O–H groups in total. The van der Waals surface area contributed by atoms with Crippen LogP contribution in [0.1, 0.15) is 106 Å². The van der Waals surface area contributed by atoms with Gasteiger partial charge in [0.1, 0.15) is 11.9 Å². The van der Waals surface area contributed by atoms with Crippen LogP contribution in [0, 0.1) is 46.8 Å². The lowest BCUT2D eigenvalue weighted by Gasteiger charge is -2.51. The predicted molar refractivity (Wildman–Crippen MR) is 133 cm³/mol. The standard InChI is InChI=1S/C29H48O5/c1-18(2)8-7-9-19(3)25-10-11-26-24-13-15-33-28(32)17-22(34-21(5)30)16-27(31)20(4)23(24)12-14-29(25,26)6/h18-20,22-26H,7-17H2,1-6H3/t19-,20-,22+,23-,24-,25-,26+,29-/m1/s1. The third kappa shape index (κ3) is 6.23. The number of hydrogen-bond acceptors (Lipinski definition) is 5. The van der Waals surface area contributed by atoms with E-state index in [1.54, 1.807) is 0 Å². The fraction of sp³-hybridized carbons (Fsp3) is 0.897. The first kappa shape index (κ1) is 27.2. The van der Waals surface area contributed by atoms with Crippen molar-refractivity contribution in [2.45, 2.75) is 112 Å². The molecule has 5 nitrogen and oxygen atoms in total. The van der Waals surface area contributed by atoms with E-state index in [-0.39, 0.29) is 30.5 Å². The summed E-state index contributed by atoms with van der Waals surface area (Å²) in [7, 11) is 0. The van der Waals surface area contributed by atoms with Gasteiger partial charge in [-0.3, -0.25) is 14.4 Å². The van der Waals surface area contributed by atoms with Crippen LogP contribution in [-0.2, 0) is 23.9 Å². The molecule has 194 valence electrons. The molecule has 0 aromatic carbocycles. The second-order valence-electron chi connectivity index (χ2n) is 12.4. The largest absolute Gasteiger partial charge is 0.466 e. The zero-order chi connectivity index (χ0) is 25.0. The van der Waals surface area contributed by atoms with Crippen LogP contribution in [0.15, 0.2) is 0 Å². The molecule has 3 aliphatic rings. The van der Waals surface area contributed by atoms with Gasteiger partial charge in [0.05, 0.1) is 13.0 Å². The van der Waals surface area contributed by atoms with E-state index in [9.17, 15) is 14.4 Å². The van der Waals surface area contributed by atoms with Crippen molar-refractivity contribution in [3.8, 4) is 0 Å². The van der Waals surface area contributed by atoms with Crippen LogP contribution >= 0.6 is 0 Å². The van der Waals surface area contributed by atoms with Crippen LogP contribution < -0.4 is 0 Å². The molecule has 3 rings (SSSR count). The number of ketones is 1. The van der Waals surface area contributed by atoms with E-state index in [1.165, 1.54) is 45.4 Å². The molecule has 0 radical (unpaired) electrons. The first-order valence-electron chi connectivity index (χ1n) is 13.9. The molecule has 0 aromatic heterocycles. The minimum Gasteiger partial charge on any atom is -0.466 e. The molecule has 1 heterocycles. The maximum absolute atomic E-state index is 13.3. The second-order valence-corrected chi connectivity index (χ2v) is 12.4. The van der Waals surface area contributed by atoms with Crippen molar-refractivity contribution in [2.24, 2.45) is 46.8 Å². The zero-order valence-electron chi connectivity index (χ0n) is 22.4. The summed E-state index contributed by atoms with van der Waals surface area (Å²) in [5.74, 6) is 2.76. The van der Waals surface area contributed by atoms with Gasteiger partial charge in [0.25, 0.3) is 0 Å². The van der Waals surface area contributed by atoms with E-state index in [4.69, 9.17) is 9.47 Å². The summed E-state index contributed by atoms with van der Waals surface area (Å²) in [5.41, 5.74) is 0.311. The van der Waals surface area contributed by atoms with Gasteiger partial charge in [-0.15, -0.1) is 0 Å². The summed E-state index contributed by atoms with van der Waals surface area (Å²) in [6.07, 6.45) is 8.87. The maximum Gasteiger partial charge on any atom is 0.309 e. The van der Waals surface area contributed by atoms with Gasteiger partial charge in [0, 0.05) is 19.3 Å². The van der Waals surface area contributed by atoms with Crippen LogP contribution in [0.2, 0.25) is 0 Å². The number of carbonyl (C=O) groups excluding carboxylic acids is 3. The Labute approximate surface area is 207 Å². The predicted octanol–water partition coefficient (Wildman–Crippen LogP) is 6.37. The molecule has 34 heavy (non-hydrogen) atoms. The molecule has 5 heteroatoms. The SMILES string of the molecule is CC(=O)O[C@@H]1CC(=O)OCC[C@@H]2[C@H](CC[C@]3(C)[C@@H]([C@H](C)CCCC(C)C)CC[C@@H]23)[C@@H](C)C(=O)C1. The molecule has 8 atom stereocenters. The average molecular weight is 477 g/mol. The lowest BCUT2D eigenvalue weighted by molar-refractivity contribution is -0.154. The van der Waals surface area contributed by atoms with Gasteiger partial charge in [-0.25, -0.2) is 0 Å². The average Bonchev–Trinajstić information content (AvgIpc) is 3.08. The summed E-state index contributed by atoms with van der Waals surface area (Å²) < 4.78 is 10.9. The zero-order valence-corrected chi connectivity index (χ0v) is 22.4. The van der Waals surface area contributed by atoms with Gasteiger partial charge in [0.15, 0.2) is 0 Å². The molecule has 2 aliphatic carbocycles. The molecule has 0 spiro atoms. The fourth-order valence-electron chi connectivity index (χ4n) is 7.97. The van der Waals surface area contributed by atoms with E-state index in [1.807, 2.05) is 0 Å². The van der Waals surface area contributed by atoms with Gasteiger partial charge in [-0.05, 0) is 73.0 Å². The van der Waals surface area contributed by atoms with Gasteiger partial charge in [-0.1, -0.05) is 53.9 Å². The van der Waals surface area contributed by atoms with Crippen molar-refractivity contribution < 1.29 is 23.9 Å². The number of ether oxygens (including phenoxy) is 2. The van der Waals surface area contributed by atoms with Crippen LogP contribution in [0.25, 0.3) is 0 Å². The van der Waals surface area contributed by atoms with Crippen molar-refractivity contribution in [2.75, 3.05) is 6.61 Å². The van der Waals surface area contributed by atoms with Gasteiger partial charge in [0.2, 0.25) is 0 Å². The highest BCUT2D eigenvalue weighted by atomic mass is 16.6. The third-order valence-electron chi connectivity index (χ3n) is 9.71.